The molecule has 2 heterocycles. The van der Waals surface area contributed by atoms with E-state index in [1.165, 1.54) is 12.0 Å². The van der Waals surface area contributed by atoms with Crippen molar-refractivity contribution in [1.82, 2.24) is 4.90 Å². The second kappa shape index (κ2) is 7.53. The number of aliphatic hydroxyl groups is 1. The van der Waals surface area contributed by atoms with Gasteiger partial charge in [-0.25, -0.2) is 0 Å². The molecule has 4 rings (SSSR count). The van der Waals surface area contributed by atoms with Crippen LogP contribution in [0.15, 0.2) is 48.5 Å². The molecule has 2 saturated heterocycles. The highest BCUT2D eigenvalue weighted by Crippen LogP contribution is 2.47. The fraction of sp³-hybridized carbons (Fsp3) is 0.478. The Balaban J connectivity index is 1.61. The van der Waals surface area contributed by atoms with Crippen molar-refractivity contribution in [3.63, 3.8) is 0 Å². The van der Waals surface area contributed by atoms with E-state index in [-0.39, 0.29) is 0 Å². The standard InChI is InChI=1S/C23H29NO3/c1-26-20-11-12-21(22(13-20)27-2)23(25)14-18-9-6-10-19(15-23)24(18)16-17-7-4-3-5-8-17/h3-5,7-8,11-13,18-19,25H,6,9-10,14-16H2,1-2H3. The maximum absolute atomic E-state index is 11.7. The van der Waals surface area contributed by atoms with Crippen LogP contribution in [0.25, 0.3) is 0 Å². The van der Waals surface area contributed by atoms with E-state index in [4.69, 9.17) is 9.47 Å². The van der Waals surface area contributed by atoms with E-state index >= 15 is 0 Å². The van der Waals surface area contributed by atoms with Crippen molar-refractivity contribution in [2.24, 2.45) is 0 Å². The quantitative estimate of drug-likeness (QED) is 0.864. The third kappa shape index (κ3) is 3.56. The normalized spacial score (nSPS) is 28.0. The summed E-state index contributed by atoms with van der Waals surface area (Å²) in [6, 6.07) is 17.2. The number of hydrogen-bond acceptors (Lipinski definition) is 4. The smallest absolute Gasteiger partial charge is 0.128 e. The molecular weight excluding hydrogens is 338 g/mol. The number of methoxy groups -OCH3 is 2. The van der Waals surface area contributed by atoms with Crippen LogP contribution < -0.4 is 9.47 Å². The van der Waals surface area contributed by atoms with Gasteiger partial charge in [-0.2, -0.15) is 0 Å². The Labute approximate surface area is 161 Å². The van der Waals surface area contributed by atoms with Crippen LogP contribution in [0.2, 0.25) is 0 Å². The number of piperidine rings is 2. The van der Waals surface area contributed by atoms with Crippen LogP contribution in [0, 0.1) is 0 Å². The van der Waals surface area contributed by atoms with Gasteiger partial charge in [0.25, 0.3) is 0 Å². The summed E-state index contributed by atoms with van der Waals surface area (Å²) >= 11 is 0. The molecule has 2 aliphatic rings. The zero-order valence-corrected chi connectivity index (χ0v) is 16.2. The van der Waals surface area contributed by atoms with Gasteiger partial charge < -0.3 is 14.6 Å². The third-order valence-corrected chi connectivity index (χ3v) is 6.28. The molecular formula is C23H29NO3. The van der Waals surface area contributed by atoms with Gasteiger partial charge in [-0.05, 0) is 43.4 Å². The first-order chi connectivity index (χ1) is 13.1. The van der Waals surface area contributed by atoms with Crippen molar-refractivity contribution < 1.29 is 14.6 Å². The monoisotopic (exact) mass is 367 g/mol. The summed E-state index contributed by atoms with van der Waals surface area (Å²) in [4.78, 5) is 2.61. The molecule has 2 bridgehead atoms. The Hall–Kier alpha value is -2.04. The van der Waals surface area contributed by atoms with Gasteiger partial charge in [0.15, 0.2) is 0 Å². The third-order valence-electron chi connectivity index (χ3n) is 6.28. The highest BCUT2D eigenvalue weighted by Gasteiger charge is 2.47. The second-order valence-electron chi connectivity index (χ2n) is 7.90. The molecule has 4 heteroatoms. The van der Waals surface area contributed by atoms with Gasteiger partial charge in [0.2, 0.25) is 0 Å². The maximum atomic E-state index is 11.7. The van der Waals surface area contributed by atoms with Gasteiger partial charge in [0.05, 0.1) is 19.8 Å². The molecule has 0 radical (unpaired) electrons. The molecule has 4 nitrogen and oxygen atoms in total. The van der Waals surface area contributed by atoms with Crippen LogP contribution in [0.5, 0.6) is 11.5 Å². The van der Waals surface area contributed by atoms with Crippen molar-refractivity contribution in [3.05, 3.63) is 59.7 Å². The number of fused-ring (bicyclic) bond motifs is 2. The SMILES string of the molecule is COc1ccc(C2(O)CC3CCCC(C2)N3Cc2ccccc2)c(OC)c1. The Kier molecular flexibility index (Phi) is 5.11. The molecule has 2 fully saturated rings. The van der Waals surface area contributed by atoms with E-state index in [2.05, 4.69) is 35.2 Å². The number of benzene rings is 2. The lowest BCUT2D eigenvalue weighted by Crippen LogP contribution is -2.56. The molecule has 27 heavy (non-hydrogen) atoms. The zero-order valence-electron chi connectivity index (χ0n) is 16.2. The van der Waals surface area contributed by atoms with E-state index in [0.717, 1.165) is 43.5 Å². The molecule has 2 atom stereocenters. The first-order valence-corrected chi connectivity index (χ1v) is 9.87. The van der Waals surface area contributed by atoms with Crippen LogP contribution in [0.4, 0.5) is 0 Å². The minimum absolute atomic E-state index is 0.398. The van der Waals surface area contributed by atoms with Gasteiger partial charge in [0, 0.05) is 30.3 Å². The van der Waals surface area contributed by atoms with Crippen LogP contribution in [0.3, 0.4) is 0 Å². The number of nitrogens with zero attached hydrogens (tertiary/aromatic N) is 1. The summed E-state index contributed by atoms with van der Waals surface area (Å²) in [6.07, 6.45) is 5.03. The molecule has 0 aromatic heterocycles. The van der Waals surface area contributed by atoms with Crippen molar-refractivity contribution in [2.45, 2.75) is 56.3 Å². The Morgan fingerprint density at radius 1 is 1.00 bits per heavy atom. The van der Waals surface area contributed by atoms with E-state index < -0.39 is 5.60 Å². The first kappa shape index (κ1) is 18.3. The minimum atomic E-state index is -0.847. The van der Waals surface area contributed by atoms with E-state index in [1.54, 1.807) is 14.2 Å². The van der Waals surface area contributed by atoms with Crippen molar-refractivity contribution in [2.75, 3.05) is 14.2 Å². The van der Waals surface area contributed by atoms with Crippen LogP contribution >= 0.6 is 0 Å². The molecule has 0 spiro atoms. The lowest BCUT2D eigenvalue weighted by atomic mass is 9.72. The molecule has 2 aliphatic heterocycles. The predicted molar refractivity (Wildman–Crippen MR) is 106 cm³/mol. The molecule has 2 aromatic rings. The Morgan fingerprint density at radius 3 is 2.33 bits per heavy atom. The van der Waals surface area contributed by atoms with Gasteiger partial charge >= 0.3 is 0 Å². The van der Waals surface area contributed by atoms with Gasteiger partial charge in [-0.1, -0.05) is 36.8 Å². The van der Waals surface area contributed by atoms with Crippen LogP contribution in [0.1, 0.15) is 43.2 Å². The van der Waals surface area contributed by atoms with Gasteiger partial charge in [0.1, 0.15) is 11.5 Å². The van der Waals surface area contributed by atoms with Gasteiger partial charge in [-0.3, -0.25) is 4.90 Å². The highest BCUT2D eigenvalue weighted by atomic mass is 16.5. The summed E-state index contributed by atoms with van der Waals surface area (Å²) in [5, 5.41) is 11.7. The summed E-state index contributed by atoms with van der Waals surface area (Å²) < 4.78 is 10.9. The fourth-order valence-electron chi connectivity index (χ4n) is 4.98. The summed E-state index contributed by atoms with van der Waals surface area (Å²) in [5.41, 5.74) is 1.39. The van der Waals surface area contributed by atoms with E-state index in [1.807, 2.05) is 18.2 Å². The summed E-state index contributed by atoms with van der Waals surface area (Å²) in [7, 11) is 3.31. The largest absolute Gasteiger partial charge is 0.497 e. The minimum Gasteiger partial charge on any atom is -0.497 e. The second-order valence-corrected chi connectivity index (χ2v) is 7.90. The molecule has 0 saturated carbocycles. The fourth-order valence-corrected chi connectivity index (χ4v) is 4.98. The van der Waals surface area contributed by atoms with Crippen molar-refractivity contribution in [1.29, 1.82) is 0 Å². The number of hydrogen-bond donors (Lipinski definition) is 1. The summed E-state index contributed by atoms with van der Waals surface area (Å²) in [5.74, 6) is 1.47. The van der Waals surface area contributed by atoms with Crippen LogP contribution in [-0.4, -0.2) is 36.3 Å². The predicted octanol–water partition coefficient (Wildman–Crippen LogP) is 4.11. The number of ether oxygens (including phenoxy) is 2. The average molecular weight is 367 g/mol. The molecule has 144 valence electrons. The molecule has 0 amide bonds. The number of rotatable bonds is 5. The topological polar surface area (TPSA) is 41.9 Å². The molecule has 2 aromatic carbocycles. The molecule has 2 unspecified atom stereocenters. The van der Waals surface area contributed by atoms with E-state index in [0.29, 0.717) is 17.8 Å². The van der Waals surface area contributed by atoms with Crippen molar-refractivity contribution in [3.8, 4) is 11.5 Å². The summed E-state index contributed by atoms with van der Waals surface area (Å²) in [6.45, 7) is 0.964. The maximum Gasteiger partial charge on any atom is 0.128 e. The average Bonchev–Trinajstić information content (AvgIpc) is 2.69. The molecule has 1 N–H and O–H groups in total. The lowest BCUT2D eigenvalue weighted by Gasteiger charge is -2.52. The molecule has 0 aliphatic carbocycles. The van der Waals surface area contributed by atoms with Gasteiger partial charge in [-0.15, -0.1) is 0 Å². The highest BCUT2D eigenvalue weighted by molar-refractivity contribution is 5.44. The van der Waals surface area contributed by atoms with Crippen molar-refractivity contribution >= 4 is 0 Å². The Morgan fingerprint density at radius 2 is 1.70 bits per heavy atom. The lowest BCUT2D eigenvalue weighted by molar-refractivity contribution is -0.101. The Bertz CT molecular complexity index is 762. The first-order valence-electron chi connectivity index (χ1n) is 9.87. The zero-order chi connectivity index (χ0) is 18.9. The van der Waals surface area contributed by atoms with E-state index in [9.17, 15) is 5.11 Å². The van der Waals surface area contributed by atoms with Crippen LogP contribution in [-0.2, 0) is 12.1 Å².